The van der Waals surface area contributed by atoms with Crippen LogP contribution in [-0.4, -0.2) is 34.0 Å². The van der Waals surface area contributed by atoms with Crippen molar-refractivity contribution in [2.24, 2.45) is 9.98 Å². The number of hydrogen-bond donors (Lipinski definition) is 1. The van der Waals surface area contributed by atoms with E-state index in [0.29, 0.717) is 12.3 Å². The highest BCUT2D eigenvalue weighted by atomic mass is 16.2. The molecule has 1 amide bonds. The summed E-state index contributed by atoms with van der Waals surface area (Å²) in [6.45, 7) is 0. The SMILES string of the molecule is O=C1N=C2c3ccccc3N=CN2C1Cc1c[nH]c2ccccc12. The van der Waals surface area contributed by atoms with Gasteiger partial charge in [0.05, 0.1) is 12.0 Å². The molecule has 5 nitrogen and oxygen atoms in total. The van der Waals surface area contributed by atoms with Crippen LogP contribution in [-0.2, 0) is 11.2 Å². The third-order valence-corrected chi connectivity index (χ3v) is 4.64. The molecule has 2 aliphatic rings. The van der Waals surface area contributed by atoms with Crippen LogP contribution in [0, 0.1) is 0 Å². The molecule has 24 heavy (non-hydrogen) atoms. The van der Waals surface area contributed by atoms with Gasteiger partial charge in [0, 0.05) is 29.1 Å². The molecular formula is C19H14N4O. The first-order valence-corrected chi connectivity index (χ1v) is 7.91. The van der Waals surface area contributed by atoms with Crippen LogP contribution >= 0.6 is 0 Å². The van der Waals surface area contributed by atoms with Gasteiger partial charge < -0.3 is 9.88 Å². The first-order valence-electron chi connectivity index (χ1n) is 7.91. The lowest BCUT2D eigenvalue weighted by Gasteiger charge is -2.25. The summed E-state index contributed by atoms with van der Waals surface area (Å²) in [6, 6.07) is 15.6. The lowest BCUT2D eigenvalue weighted by Crippen LogP contribution is -2.40. The maximum Gasteiger partial charge on any atom is 0.271 e. The number of carbonyl (C=O) groups excluding carboxylic acids is 1. The standard InChI is InChI=1S/C19H14N4O/c24-19-17(9-12-10-20-15-7-3-1-5-13(12)15)23-11-21-16-8-4-2-6-14(16)18(23)22-19/h1-8,10-11,17,20H,9H2. The van der Waals surface area contributed by atoms with Crippen molar-refractivity contribution in [3.63, 3.8) is 0 Å². The third kappa shape index (κ3) is 1.84. The number of aromatic amines is 1. The first kappa shape index (κ1) is 13.2. The third-order valence-electron chi connectivity index (χ3n) is 4.64. The van der Waals surface area contributed by atoms with Gasteiger partial charge in [0.1, 0.15) is 11.9 Å². The molecule has 5 rings (SSSR count). The number of nitrogens with one attached hydrogen (secondary N) is 1. The summed E-state index contributed by atoms with van der Waals surface area (Å²) in [5.41, 5.74) is 3.97. The molecule has 0 aliphatic carbocycles. The smallest absolute Gasteiger partial charge is 0.271 e. The van der Waals surface area contributed by atoms with Gasteiger partial charge in [-0.2, -0.15) is 4.99 Å². The number of H-pyrrole nitrogens is 1. The lowest BCUT2D eigenvalue weighted by molar-refractivity contribution is -0.119. The number of amides is 1. The van der Waals surface area contributed by atoms with Crippen molar-refractivity contribution in [2.75, 3.05) is 0 Å². The normalized spacial score (nSPS) is 18.7. The number of benzene rings is 2. The van der Waals surface area contributed by atoms with E-state index < -0.39 is 0 Å². The van der Waals surface area contributed by atoms with E-state index >= 15 is 0 Å². The van der Waals surface area contributed by atoms with Gasteiger partial charge in [0.25, 0.3) is 5.91 Å². The molecule has 1 atom stereocenters. The Morgan fingerprint density at radius 1 is 1.08 bits per heavy atom. The fourth-order valence-corrected chi connectivity index (χ4v) is 3.43. The summed E-state index contributed by atoms with van der Waals surface area (Å²) >= 11 is 0. The fraction of sp³-hybridized carbons (Fsp3) is 0.105. The van der Waals surface area contributed by atoms with Crippen molar-refractivity contribution in [3.8, 4) is 0 Å². The Labute approximate surface area is 138 Å². The molecular weight excluding hydrogens is 300 g/mol. The van der Waals surface area contributed by atoms with E-state index in [-0.39, 0.29) is 11.9 Å². The van der Waals surface area contributed by atoms with E-state index in [2.05, 4.69) is 21.0 Å². The number of amidine groups is 1. The van der Waals surface area contributed by atoms with Crippen molar-refractivity contribution in [1.29, 1.82) is 0 Å². The van der Waals surface area contributed by atoms with Crippen LogP contribution in [0.4, 0.5) is 5.69 Å². The molecule has 0 radical (unpaired) electrons. The Morgan fingerprint density at radius 2 is 1.92 bits per heavy atom. The number of hydrogen-bond acceptors (Lipinski definition) is 3. The lowest BCUT2D eigenvalue weighted by atomic mass is 10.0. The second kappa shape index (κ2) is 4.89. The van der Waals surface area contributed by atoms with Gasteiger partial charge in [-0.05, 0) is 23.8 Å². The highest BCUT2D eigenvalue weighted by molar-refractivity contribution is 6.19. The minimum Gasteiger partial charge on any atom is -0.361 e. The summed E-state index contributed by atoms with van der Waals surface area (Å²) in [7, 11) is 0. The number of carbonyl (C=O) groups is 1. The molecule has 0 saturated heterocycles. The molecule has 2 aromatic carbocycles. The van der Waals surface area contributed by atoms with E-state index in [1.54, 1.807) is 6.34 Å². The summed E-state index contributed by atoms with van der Waals surface area (Å²) in [6.07, 6.45) is 4.31. The second-order valence-electron chi connectivity index (χ2n) is 6.02. The number of aliphatic imine (C=N–C) groups is 2. The summed E-state index contributed by atoms with van der Waals surface area (Å²) in [5, 5.41) is 1.15. The number of rotatable bonds is 2. The molecule has 1 unspecified atom stereocenters. The number of nitrogens with zero attached hydrogens (tertiary/aromatic N) is 3. The molecule has 1 aromatic heterocycles. The fourth-order valence-electron chi connectivity index (χ4n) is 3.43. The Morgan fingerprint density at radius 3 is 2.88 bits per heavy atom. The molecule has 3 heterocycles. The van der Waals surface area contributed by atoms with E-state index in [4.69, 9.17) is 0 Å². The van der Waals surface area contributed by atoms with E-state index in [0.717, 1.165) is 27.7 Å². The van der Waals surface area contributed by atoms with Crippen molar-refractivity contribution in [2.45, 2.75) is 12.5 Å². The van der Waals surface area contributed by atoms with Gasteiger partial charge in [-0.1, -0.05) is 30.3 Å². The maximum absolute atomic E-state index is 12.5. The van der Waals surface area contributed by atoms with Gasteiger partial charge in [-0.3, -0.25) is 4.79 Å². The zero-order valence-electron chi connectivity index (χ0n) is 12.8. The highest BCUT2D eigenvalue weighted by Crippen LogP contribution is 2.30. The predicted molar refractivity (Wildman–Crippen MR) is 93.8 cm³/mol. The second-order valence-corrected chi connectivity index (χ2v) is 6.02. The quantitative estimate of drug-likeness (QED) is 0.790. The molecule has 0 saturated carbocycles. The van der Waals surface area contributed by atoms with E-state index in [1.807, 2.05) is 53.6 Å². The van der Waals surface area contributed by atoms with Gasteiger partial charge in [-0.25, -0.2) is 4.99 Å². The van der Waals surface area contributed by atoms with Crippen molar-refractivity contribution < 1.29 is 4.79 Å². The average Bonchev–Trinajstić information content (AvgIpc) is 3.17. The Kier molecular flexibility index (Phi) is 2.70. The van der Waals surface area contributed by atoms with Crippen LogP contribution in [0.2, 0.25) is 0 Å². The van der Waals surface area contributed by atoms with Crippen LogP contribution in [0.25, 0.3) is 10.9 Å². The van der Waals surface area contributed by atoms with E-state index in [1.165, 1.54) is 0 Å². The Hall–Kier alpha value is -3.21. The monoisotopic (exact) mass is 314 g/mol. The molecule has 1 N–H and O–H groups in total. The van der Waals surface area contributed by atoms with Crippen molar-refractivity contribution in [3.05, 3.63) is 65.9 Å². The molecule has 5 heteroatoms. The van der Waals surface area contributed by atoms with Gasteiger partial charge in [0.15, 0.2) is 0 Å². The number of para-hydroxylation sites is 2. The molecule has 2 aliphatic heterocycles. The number of fused-ring (bicyclic) bond motifs is 4. The maximum atomic E-state index is 12.5. The first-order chi connectivity index (χ1) is 11.8. The molecule has 3 aromatic rings. The molecule has 0 fully saturated rings. The highest BCUT2D eigenvalue weighted by Gasteiger charge is 2.37. The van der Waals surface area contributed by atoms with Crippen LogP contribution < -0.4 is 0 Å². The van der Waals surface area contributed by atoms with Crippen LogP contribution in [0.1, 0.15) is 11.1 Å². The van der Waals surface area contributed by atoms with Crippen LogP contribution in [0.15, 0.2) is 64.7 Å². The number of aromatic nitrogens is 1. The summed E-state index contributed by atoms with van der Waals surface area (Å²) < 4.78 is 0. The zero-order chi connectivity index (χ0) is 16.1. The largest absolute Gasteiger partial charge is 0.361 e. The minimum atomic E-state index is -0.337. The predicted octanol–water partition coefficient (Wildman–Crippen LogP) is 3.04. The molecule has 0 bridgehead atoms. The summed E-state index contributed by atoms with van der Waals surface area (Å²) in [5.74, 6) is 0.592. The Bertz CT molecular complexity index is 1030. The van der Waals surface area contributed by atoms with Gasteiger partial charge in [-0.15, -0.1) is 0 Å². The molecule has 0 spiro atoms. The summed E-state index contributed by atoms with van der Waals surface area (Å²) in [4.78, 5) is 26.4. The van der Waals surface area contributed by atoms with Gasteiger partial charge in [0.2, 0.25) is 0 Å². The van der Waals surface area contributed by atoms with Gasteiger partial charge >= 0.3 is 0 Å². The van der Waals surface area contributed by atoms with E-state index in [9.17, 15) is 4.79 Å². The van der Waals surface area contributed by atoms with Crippen LogP contribution in [0.3, 0.4) is 0 Å². The average molecular weight is 314 g/mol. The Balaban J connectivity index is 1.52. The topological polar surface area (TPSA) is 60.8 Å². The van der Waals surface area contributed by atoms with Crippen molar-refractivity contribution in [1.82, 2.24) is 9.88 Å². The zero-order valence-corrected chi connectivity index (χ0v) is 12.8. The van der Waals surface area contributed by atoms with Crippen LogP contribution in [0.5, 0.6) is 0 Å². The van der Waals surface area contributed by atoms with Crippen molar-refractivity contribution >= 4 is 34.7 Å². The minimum absolute atomic E-state index is 0.113. The molecule has 116 valence electrons.